The van der Waals surface area contributed by atoms with Gasteiger partial charge in [-0.05, 0) is 83.3 Å². The van der Waals surface area contributed by atoms with Crippen LogP contribution in [0.2, 0.25) is 19.6 Å². The van der Waals surface area contributed by atoms with Crippen LogP contribution in [0.25, 0.3) is 55.8 Å². The number of aromatic nitrogens is 3. The Balaban J connectivity index is 0.000000239. The van der Waals surface area contributed by atoms with Crippen molar-refractivity contribution in [1.82, 2.24) is 15.0 Å². The van der Waals surface area contributed by atoms with Crippen molar-refractivity contribution < 1.29 is 38.5 Å². The summed E-state index contributed by atoms with van der Waals surface area (Å²) in [5.74, 6) is -0.732. The fourth-order valence-electron chi connectivity index (χ4n) is 6.61. The number of furan rings is 1. The zero-order chi connectivity index (χ0) is 46.0. The second-order valence-electron chi connectivity index (χ2n) is 17.2. The van der Waals surface area contributed by atoms with E-state index >= 15 is 0 Å². The summed E-state index contributed by atoms with van der Waals surface area (Å²) in [6, 6.07) is 27.5. The van der Waals surface area contributed by atoms with Gasteiger partial charge < -0.3 is 14.4 Å². The number of hydrogen-bond acceptors (Lipinski definition) is 4. The van der Waals surface area contributed by atoms with Gasteiger partial charge in [-0.3, -0.25) is 4.39 Å². The Bertz CT molecular complexity index is 2780. The van der Waals surface area contributed by atoms with Gasteiger partial charge in [0, 0.05) is 58.9 Å². The van der Waals surface area contributed by atoms with E-state index < -0.39 is 44.3 Å². The van der Waals surface area contributed by atoms with Gasteiger partial charge in [-0.25, -0.2) is 4.98 Å². The van der Waals surface area contributed by atoms with Crippen molar-refractivity contribution >= 4 is 35.3 Å². The summed E-state index contributed by atoms with van der Waals surface area (Å²) in [6.07, 6.45) is 0.121. The van der Waals surface area contributed by atoms with Gasteiger partial charge in [-0.15, -0.1) is 42.0 Å². The number of rotatable bonds is 6. The van der Waals surface area contributed by atoms with E-state index in [1.807, 2.05) is 59.7 Å². The molecule has 0 saturated carbocycles. The van der Waals surface area contributed by atoms with Gasteiger partial charge in [-0.2, -0.15) is 0 Å². The number of fused-ring (bicyclic) bond motifs is 3. The maximum Gasteiger partial charge on any atom is 0.216 e. The Hall–Kier alpha value is -4.29. The Morgan fingerprint density at radius 2 is 1.50 bits per heavy atom. The van der Waals surface area contributed by atoms with Crippen LogP contribution in [0.1, 0.15) is 79.0 Å². The van der Waals surface area contributed by atoms with Gasteiger partial charge >= 0.3 is 0 Å². The third-order valence-corrected chi connectivity index (χ3v) is 11.0. The first-order valence-electron chi connectivity index (χ1n) is 22.0. The molecule has 0 atom stereocenters. The first-order chi connectivity index (χ1) is 28.5. The molecule has 56 heavy (non-hydrogen) atoms. The molecule has 0 unspecified atom stereocenters. The van der Waals surface area contributed by atoms with E-state index in [9.17, 15) is 4.39 Å². The molecule has 7 rings (SSSR count). The Kier molecular flexibility index (Phi) is 10.1. The van der Waals surface area contributed by atoms with E-state index in [1.54, 1.807) is 30.6 Å². The van der Waals surface area contributed by atoms with Crippen LogP contribution in [0.15, 0.2) is 89.6 Å². The van der Waals surface area contributed by atoms with Crippen molar-refractivity contribution in [3.05, 3.63) is 131 Å². The molecule has 4 nitrogen and oxygen atoms in total. The molecule has 7 heteroatoms. The van der Waals surface area contributed by atoms with Crippen LogP contribution in [0, 0.1) is 49.5 Å². The zero-order valence-corrected chi connectivity index (χ0v) is 37.4. The van der Waals surface area contributed by atoms with Crippen LogP contribution in [0.4, 0.5) is 4.39 Å². The summed E-state index contributed by atoms with van der Waals surface area (Å²) in [6.45, 7) is 19.3. The van der Waals surface area contributed by atoms with Gasteiger partial charge in [0.2, 0.25) is 5.71 Å². The Morgan fingerprint density at radius 3 is 2.14 bits per heavy atom. The first-order valence-corrected chi connectivity index (χ1v) is 22.0. The van der Waals surface area contributed by atoms with Crippen LogP contribution in [0.5, 0.6) is 0 Å². The summed E-state index contributed by atoms with van der Waals surface area (Å²) >= 11 is 0. The molecule has 0 saturated heterocycles. The summed E-state index contributed by atoms with van der Waals surface area (Å²) in [5, 5.41) is 2.76. The zero-order valence-electron chi connectivity index (χ0n) is 41.0. The first kappa shape index (κ1) is 33.8. The summed E-state index contributed by atoms with van der Waals surface area (Å²) in [4.78, 5) is 13.8. The fraction of sp³-hybridized carbons (Fsp3) is 0.327. The molecule has 0 spiro atoms. The predicted octanol–water partition coefficient (Wildman–Crippen LogP) is 12.8. The smallest absolute Gasteiger partial charge is 0.216 e. The molecule has 0 aliphatic heterocycles. The van der Waals surface area contributed by atoms with E-state index in [-0.39, 0.29) is 36.9 Å². The molecule has 4 heterocycles. The molecule has 0 aliphatic carbocycles. The van der Waals surface area contributed by atoms with Crippen molar-refractivity contribution in [2.75, 3.05) is 0 Å². The van der Waals surface area contributed by atoms with Crippen molar-refractivity contribution in [1.29, 1.82) is 0 Å². The van der Waals surface area contributed by atoms with Gasteiger partial charge in [0.15, 0.2) is 0 Å². The largest absolute Gasteiger partial charge is 0.486 e. The molecule has 4 aromatic heterocycles. The van der Waals surface area contributed by atoms with Gasteiger partial charge in [-0.1, -0.05) is 126 Å². The molecule has 0 bridgehead atoms. The van der Waals surface area contributed by atoms with E-state index in [0.717, 1.165) is 33.3 Å². The second-order valence-corrected chi connectivity index (χ2v) is 22.2. The molecular formula is C49H54FIrN3OSi-2. The van der Waals surface area contributed by atoms with Crippen molar-refractivity contribution in [2.45, 2.75) is 94.6 Å². The monoisotopic (exact) mass is 947 g/mol. The van der Waals surface area contributed by atoms with Crippen molar-refractivity contribution in [3.8, 4) is 33.8 Å². The number of hydrogen-bond donors (Lipinski definition) is 0. The van der Waals surface area contributed by atoms with Gasteiger partial charge in [0.25, 0.3) is 0 Å². The Morgan fingerprint density at radius 1 is 0.804 bits per heavy atom. The fourth-order valence-corrected chi connectivity index (χ4v) is 8.01. The minimum Gasteiger partial charge on any atom is -0.486 e. The van der Waals surface area contributed by atoms with E-state index in [0.29, 0.717) is 33.7 Å². The van der Waals surface area contributed by atoms with Crippen molar-refractivity contribution in [2.24, 2.45) is 10.8 Å². The summed E-state index contributed by atoms with van der Waals surface area (Å²) in [7, 11) is -1.92. The molecule has 0 N–H and O–H groups in total. The van der Waals surface area contributed by atoms with Crippen LogP contribution in [-0.4, -0.2) is 23.0 Å². The van der Waals surface area contributed by atoms with E-state index in [2.05, 4.69) is 79.9 Å². The molecule has 293 valence electrons. The minimum absolute atomic E-state index is 0. The molecule has 0 amide bonds. The molecule has 3 aromatic carbocycles. The molecule has 0 fully saturated rings. The standard InChI is InChI=1S/C29H27N2O.C20H27FNSi.Ir/c1-18-8-6-9-19(2)26(18)24-13-12-22-21-10-7-11-23(27(21)32-28(22)31-24)25-16-20(14-15-30-25)17-29(3,4)5;1-14-8-9-16(17(21)10-14)18-11-15(12-20(2,3)4)19(13-22-18)23(5,6)7;/h6-10,12-16H,17H2,1-5H3;8,10-11,13H,12H2,1-7H3;/q2*-1;/i17D2;1D3,12D2;. The van der Waals surface area contributed by atoms with Crippen LogP contribution in [0.3, 0.4) is 0 Å². The number of benzene rings is 3. The number of halogens is 1. The SMILES string of the molecule is [2H]C([2H])([2H])c1c[c-]c(-c2cc(C([2H])([2H])C(C)(C)C)c([Si](C)(C)C)cn2)c(F)c1.[2H]C([2H])(c1ccnc(-c2[c-]ccc3c2oc2nc(-c4c(C)cccc4C)ccc23)c1)C(C)(C)C.[Ir]. The maximum absolute atomic E-state index is 14.7. The summed E-state index contributed by atoms with van der Waals surface area (Å²) < 4.78 is 78.0. The van der Waals surface area contributed by atoms with Crippen LogP contribution >= 0.6 is 0 Å². The number of pyridine rings is 3. The molecular weight excluding hydrogens is 886 g/mol. The normalized spacial score (nSPS) is 14.6. The second kappa shape index (κ2) is 16.7. The quantitative estimate of drug-likeness (QED) is 0.123. The topological polar surface area (TPSA) is 51.8 Å². The van der Waals surface area contributed by atoms with Gasteiger partial charge in [0.1, 0.15) is 0 Å². The average molecular weight is 947 g/mol. The predicted molar refractivity (Wildman–Crippen MR) is 231 cm³/mol. The van der Waals surface area contributed by atoms with Crippen molar-refractivity contribution in [3.63, 3.8) is 0 Å². The van der Waals surface area contributed by atoms with Gasteiger partial charge in [0.05, 0.1) is 19.4 Å². The van der Waals surface area contributed by atoms with Crippen LogP contribution < -0.4 is 5.19 Å². The molecule has 7 aromatic rings. The number of aryl methyl sites for hydroxylation is 3. The average Bonchev–Trinajstić information content (AvgIpc) is 3.54. The minimum atomic E-state index is -2.42. The third kappa shape index (κ3) is 9.98. The van der Waals surface area contributed by atoms with E-state index in [1.165, 1.54) is 17.2 Å². The molecule has 0 aliphatic rings. The van der Waals surface area contributed by atoms with Crippen LogP contribution in [-0.2, 0) is 32.9 Å². The van der Waals surface area contributed by atoms with E-state index in [4.69, 9.17) is 19.0 Å². The Labute approximate surface area is 357 Å². The summed E-state index contributed by atoms with van der Waals surface area (Å²) in [5.41, 5.74) is 6.93. The number of nitrogens with zero attached hydrogens (tertiary/aromatic N) is 3. The third-order valence-electron chi connectivity index (χ3n) is 8.94. The molecule has 1 radical (unpaired) electrons. The maximum atomic E-state index is 14.7.